The van der Waals surface area contributed by atoms with Gasteiger partial charge < -0.3 is 20.4 Å². The highest BCUT2D eigenvalue weighted by Gasteiger charge is 2.27. The van der Waals surface area contributed by atoms with E-state index in [1.165, 1.54) is 27.5 Å². The highest BCUT2D eigenvalue weighted by atomic mass is 19.1. The molecule has 3 rings (SSSR count). The van der Waals surface area contributed by atoms with Gasteiger partial charge in [-0.15, -0.1) is 0 Å². The molecule has 2 aromatic rings. The molecule has 1 fully saturated rings. The lowest BCUT2D eigenvalue weighted by Crippen LogP contribution is -3.28. The summed E-state index contributed by atoms with van der Waals surface area (Å²) in [5, 5.41) is 5.91. The molecule has 1 atom stereocenters. The summed E-state index contributed by atoms with van der Waals surface area (Å²) in [4.78, 5) is 27.2. The van der Waals surface area contributed by atoms with Crippen LogP contribution in [0.5, 0.6) is 0 Å². The SMILES string of the molecule is CC[C@@H](NC(=O)C[NH+]1CC[NH+](CC(=O)Nc2cccc(F)c2)CC1)c1ccc(C)cc1. The van der Waals surface area contributed by atoms with Crippen molar-refractivity contribution in [3.05, 3.63) is 65.5 Å². The molecule has 0 unspecified atom stereocenters. The maximum Gasteiger partial charge on any atom is 0.279 e. The zero-order chi connectivity index (χ0) is 22.2. The maximum absolute atomic E-state index is 13.2. The molecule has 0 aliphatic carbocycles. The van der Waals surface area contributed by atoms with E-state index < -0.39 is 0 Å². The van der Waals surface area contributed by atoms with E-state index in [0.717, 1.165) is 38.2 Å². The van der Waals surface area contributed by atoms with Crippen molar-refractivity contribution >= 4 is 17.5 Å². The summed E-state index contributed by atoms with van der Waals surface area (Å²) < 4.78 is 13.2. The highest BCUT2D eigenvalue weighted by molar-refractivity contribution is 5.91. The number of halogens is 1. The van der Waals surface area contributed by atoms with Crippen LogP contribution in [0.3, 0.4) is 0 Å². The summed E-state index contributed by atoms with van der Waals surface area (Å²) in [5.74, 6) is -0.422. The Morgan fingerprint density at radius 3 is 2.16 bits per heavy atom. The highest BCUT2D eigenvalue weighted by Crippen LogP contribution is 2.16. The van der Waals surface area contributed by atoms with Gasteiger partial charge in [0.25, 0.3) is 11.8 Å². The second kappa shape index (κ2) is 11.0. The van der Waals surface area contributed by atoms with Crippen molar-refractivity contribution in [3.8, 4) is 0 Å². The van der Waals surface area contributed by atoms with E-state index in [2.05, 4.69) is 48.7 Å². The van der Waals surface area contributed by atoms with E-state index in [1.807, 2.05) is 0 Å². The van der Waals surface area contributed by atoms with Crippen LogP contribution in [0.2, 0.25) is 0 Å². The third kappa shape index (κ3) is 7.15. The molecule has 1 aliphatic rings. The van der Waals surface area contributed by atoms with E-state index in [1.54, 1.807) is 12.1 Å². The number of hydrogen-bond donors (Lipinski definition) is 4. The van der Waals surface area contributed by atoms with Crippen molar-refractivity contribution < 1.29 is 23.8 Å². The van der Waals surface area contributed by atoms with E-state index in [-0.39, 0.29) is 23.7 Å². The third-order valence-corrected chi connectivity index (χ3v) is 5.82. The lowest BCUT2D eigenvalue weighted by atomic mass is 10.0. The second-order valence-corrected chi connectivity index (χ2v) is 8.35. The zero-order valence-corrected chi connectivity index (χ0v) is 18.3. The molecule has 6 nitrogen and oxygen atoms in total. The minimum Gasteiger partial charge on any atom is -0.344 e. The molecule has 0 aromatic heterocycles. The Balaban J connectivity index is 1.40. The number of quaternary nitrogens is 2. The van der Waals surface area contributed by atoms with Crippen molar-refractivity contribution in [2.24, 2.45) is 0 Å². The van der Waals surface area contributed by atoms with Gasteiger partial charge in [0.05, 0.1) is 6.04 Å². The monoisotopic (exact) mass is 428 g/mol. The summed E-state index contributed by atoms with van der Waals surface area (Å²) >= 11 is 0. The Bertz CT molecular complexity index is 879. The van der Waals surface area contributed by atoms with Gasteiger partial charge >= 0.3 is 0 Å². The average molecular weight is 429 g/mol. The number of rotatable bonds is 8. The lowest BCUT2D eigenvalue weighted by molar-refractivity contribution is -1.00. The average Bonchev–Trinajstić information content (AvgIpc) is 2.74. The Morgan fingerprint density at radius 2 is 1.58 bits per heavy atom. The number of amides is 2. The summed E-state index contributed by atoms with van der Waals surface area (Å²) in [7, 11) is 0. The van der Waals surface area contributed by atoms with Crippen LogP contribution in [0.1, 0.15) is 30.5 Å². The van der Waals surface area contributed by atoms with Gasteiger partial charge in [0, 0.05) is 5.69 Å². The molecule has 1 aliphatic heterocycles. The molecule has 2 amide bonds. The van der Waals surface area contributed by atoms with Gasteiger partial charge in [0.2, 0.25) is 0 Å². The lowest BCUT2D eigenvalue weighted by Gasteiger charge is -2.29. The smallest absolute Gasteiger partial charge is 0.279 e. The van der Waals surface area contributed by atoms with Crippen molar-refractivity contribution in [1.82, 2.24) is 5.32 Å². The molecule has 0 bridgehead atoms. The van der Waals surface area contributed by atoms with Crippen molar-refractivity contribution in [1.29, 1.82) is 0 Å². The second-order valence-electron chi connectivity index (χ2n) is 8.35. The van der Waals surface area contributed by atoms with E-state index in [4.69, 9.17) is 0 Å². The fraction of sp³-hybridized carbons (Fsp3) is 0.417. The summed E-state index contributed by atoms with van der Waals surface area (Å²) in [6, 6.07) is 14.2. The van der Waals surface area contributed by atoms with E-state index in [9.17, 15) is 14.0 Å². The number of carbonyl (C=O) groups excluding carboxylic acids is 2. The summed E-state index contributed by atoms with van der Waals surface area (Å²) in [6.07, 6.45) is 0.850. The number of anilines is 1. The normalized spacial score (nSPS) is 19.5. The first-order valence-corrected chi connectivity index (χ1v) is 11.0. The Kier molecular flexibility index (Phi) is 8.14. The predicted octanol–water partition coefficient (Wildman–Crippen LogP) is 0.124. The minimum atomic E-state index is -0.367. The number of piperazine rings is 1. The quantitative estimate of drug-likeness (QED) is 0.483. The van der Waals surface area contributed by atoms with Crippen LogP contribution < -0.4 is 20.4 Å². The van der Waals surface area contributed by atoms with Crippen LogP contribution in [0.15, 0.2) is 48.5 Å². The van der Waals surface area contributed by atoms with Crippen LogP contribution in [0.4, 0.5) is 10.1 Å². The molecule has 166 valence electrons. The first kappa shape index (κ1) is 22.9. The van der Waals surface area contributed by atoms with E-state index in [0.29, 0.717) is 18.8 Å². The Morgan fingerprint density at radius 1 is 0.968 bits per heavy atom. The largest absolute Gasteiger partial charge is 0.344 e. The topological polar surface area (TPSA) is 67.1 Å². The van der Waals surface area contributed by atoms with Gasteiger partial charge in [-0.1, -0.05) is 42.8 Å². The Hall–Kier alpha value is -2.77. The minimum absolute atomic E-state index is 0.0333. The molecular weight excluding hydrogens is 395 g/mol. The zero-order valence-electron chi connectivity index (χ0n) is 18.3. The molecule has 0 radical (unpaired) electrons. The molecule has 0 spiro atoms. The molecule has 1 saturated heterocycles. The van der Waals surface area contributed by atoms with Gasteiger partial charge in [-0.2, -0.15) is 0 Å². The van der Waals surface area contributed by atoms with Gasteiger partial charge in [-0.3, -0.25) is 9.59 Å². The summed E-state index contributed by atoms with van der Waals surface area (Å²) in [6.45, 7) is 8.28. The summed E-state index contributed by atoms with van der Waals surface area (Å²) in [5.41, 5.74) is 2.82. The number of aryl methyl sites for hydroxylation is 1. The Labute approximate surface area is 183 Å². The van der Waals surface area contributed by atoms with Crippen LogP contribution in [-0.4, -0.2) is 51.1 Å². The molecule has 1 heterocycles. The maximum atomic E-state index is 13.2. The predicted molar refractivity (Wildman–Crippen MR) is 119 cm³/mol. The molecular formula is C24H33FN4O2+2. The van der Waals surface area contributed by atoms with Crippen LogP contribution in [-0.2, 0) is 9.59 Å². The van der Waals surface area contributed by atoms with Crippen molar-refractivity contribution in [2.45, 2.75) is 26.3 Å². The first-order valence-electron chi connectivity index (χ1n) is 11.0. The van der Waals surface area contributed by atoms with Gasteiger partial charge in [0.15, 0.2) is 13.1 Å². The number of carbonyl (C=O) groups is 2. The molecule has 7 heteroatoms. The standard InChI is InChI=1S/C24H31FN4O2/c1-3-22(19-9-7-18(2)8-10-19)27-24(31)17-29-13-11-28(12-14-29)16-23(30)26-21-6-4-5-20(25)15-21/h4-10,15,22H,3,11-14,16-17H2,1-2H3,(H,26,30)(H,27,31)/p+2/t22-/m1/s1. The third-order valence-electron chi connectivity index (χ3n) is 5.82. The number of nitrogens with one attached hydrogen (secondary N) is 4. The molecule has 0 saturated carbocycles. The van der Waals surface area contributed by atoms with Crippen LogP contribution >= 0.6 is 0 Å². The van der Waals surface area contributed by atoms with Crippen LogP contribution in [0, 0.1) is 12.7 Å². The molecule has 4 N–H and O–H groups in total. The molecule has 31 heavy (non-hydrogen) atoms. The fourth-order valence-electron chi connectivity index (χ4n) is 4.00. The number of hydrogen-bond acceptors (Lipinski definition) is 2. The number of benzene rings is 2. The fourth-order valence-corrected chi connectivity index (χ4v) is 4.00. The van der Waals surface area contributed by atoms with E-state index >= 15 is 0 Å². The van der Waals surface area contributed by atoms with Crippen LogP contribution in [0.25, 0.3) is 0 Å². The van der Waals surface area contributed by atoms with Crippen molar-refractivity contribution in [2.75, 3.05) is 44.6 Å². The van der Waals surface area contributed by atoms with Gasteiger partial charge in [-0.05, 0) is 37.1 Å². The first-order chi connectivity index (χ1) is 14.9. The van der Waals surface area contributed by atoms with Crippen molar-refractivity contribution in [3.63, 3.8) is 0 Å². The molecule has 2 aromatic carbocycles. The van der Waals surface area contributed by atoms with Gasteiger partial charge in [0.1, 0.15) is 32.0 Å². The van der Waals surface area contributed by atoms with Gasteiger partial charge in [-0.25, -0.2) is 4.39 Å².